The Hall–Kier alpha value is -2.34. The second kappa shape index (κ2) is 6.65. The molecule has 0 saturated heterocycles. The molecule has 6 heteroatoms. The zero-order chi connectivity index (χ0) is 17.2. The van der Waals surface area contributed by atoms with Crippen molar-refractivity contribution < 1.29 is 13.2 Å². The van der Waals surface area contributed by atoms with Crippen molar-refractivity contribution in [3.05, 3.63) is 65.7 Å². The van der Waals surface area contributed by atoms with Crippen LogP contribution in [0.5, 0.6) is 0 Å². The first-order chi connectivity index (χ1) is 11.6. The number of carbonyl (C=O) groups excluding carboxylic acids is 1. The van der Waals surface area contributed by atoms with Gasteiger partial charge in [0.25, 0.3) is 5.91 Å². The van der Waals surface area contributed by atoms with E-state index in [2.05, 4.69) is 0 Å². The highest BCUT2D eigenvalue weighted by molar-refractivity contribution is 7.91. The maximum Gasteiger partial charge on any atom is 0.329 e. The van der Waals surface area contributed by atoms with E-state index in [9.17, 15) is 13.2 Å². The first kappa shape index (κ1) is 16.5. The molecule has 3 rings (SSSR count). The number of unbranched alkanes of at least 4 members (excludes halogenated alkanes) is 1. The van der Waals surface area contributed by atoms with E-state index < -0.39 is 16.1 Å². The van der Waals surface area contributed by atoms with Crippen molar-refractivity contribution in [2.24, 2.45) is 0 Å². The van der Waals surface area contributed by atoms with Gasteiger partial charge in [0.15, 0.2) is 0 Å². The van der Waals surface area contributed by atoms with E-state index >= 15 is 0 Å². The second-order valence-electron chi connectivity index (χ2n) is 5.75. The van der Waals surface area contributed by atoms with Gasteiger partial charge < -0.3 is 0 Å². The van der Waals surface area contributed by atoms with Gasteiger partial charge in [-0.2, -0.15) is 8.42 Å². The zero-order valence-electron chi connectivity index (χ0n) is 13.6. The van der Waals surface area contributed by atoms with Crippen LogP contribution in [0.15, 0.2) is 54.6 Å². The number of hydrogen-bond donors (Lipinski definition) is 0. The Kier molecular flexibility index (Phi) is 4.57. The normalized spacial score (nSPS) is 16.1. The SMILES string of the molecule is CCCCN1C(=O)c2ccccc2N(Cc2ccccc2)S1(=O)=O. The molecule has 0 aromatic heterocycles. The van der Waals surface area contributed by atoms with E-state index in [1.807, 2.05) is 37.3 Å². The van der Waals surface area contributed by atoms with Crippen LogP contribution in [0, 0.1) is 0 Å². The molecular weight excluding hydrogens is 324 g/mol. The minimum absolute atomic E-state index is 0.204. The van der Waals surface area contributed by atoms with Gasteiger partial charge in [-0.05, 0) is 24.1 Å². The van der Waals surface area contributed by atoms with E-state index in [0.717, 1.165) is 16.3 Å². The van der Waals surface area contributed by atoms with Gasteiger partial charge in [-0.25, -0.2) is 8.61 Å². The summed E-state index contributed by atoms with van der Waals surface area (Å²) in [6.45, 7) is 2.38. The molecule has 0 unspecified atom stereocenters. The summed E-state index contributed by atoms with van der Waals surface area (Å²) in [4.78, 5) is 12.7. The molecule has 1 amide bonds. The molecule has 0 fully saturated rings. The summed E-state index contributed by atoms with van der Waals surface area (Å²) in [5.74, 6) is -0.441. The summed E-state index contributed by atoms with van der Waals surface area (Å²) in [5, 5.41) is 0. The largest absolute Gasteiger partial charge is 0.329 e. The molecule has 0 aliphatic carbocycles. The lowest BCUT2D eigenvalue weighted by Gasteiger charge is -2.37. The Balaban J connectivity index is 2.07. The highest BCUT2D eigenvalue weighted by atomic mass is 32.2. The Bertz CT molecular complexity index is 834. The van der Waals surface area contributed by atoms with E-state index in [0.29, 0.717) is 17.7 Å². The standard InChI is InChI=1S/C18H20N2O3S/c1-2-3-13-19-18(21)16-11-7-8-12-17(16)20(24(19,22)23)14-15-9-5-4-6-10-15/h4-12H,2-3,13-14H2,1H3. The van der Waals surface area contributed by atoms with Crippen LogP contribution < -0.4 is 4.31 Å². The van der Waals surface area contributed by atoms with Crippen molar-refractivity contribution in [3.8, 4) is 0 Å². The Labute approximate surface area is 142 Å². The number of hydrogen-bond acceptors (Lipinski definition) is 3. The molecule has 126 valence electrons. The topological polar surface area (TPSA) is 57.7 Å². The smallest absolute Gasteiger partial charge is 0.268 e. The fraction of sp³-hybridized carbons (Fsp3) is 0.278. The summed E-state index contributed by atoms with van der Waals surface area (Å²) >= 11 is 0. The first-order valence-electron chi connectivity index (χ1n) is 8.03. The van der Waals surface area contributed by atoms with Gasteiger partial charge in [0.2, 0.25) is 0 Å². The highest BCUT2D eigenvalue weighted by Gasteiger charge is 2.41. The number of benzene rings is 2. The molecule has 0 atom stereocenters. The fourth-order valence-corrected chi connectivity index (χ4v) is 4.41. The predicted octanol–water partition coefficient (Wildman–Crippen LogP) is 3.19. The lowest BCUT2D eigenvalue weighted by molar-refractivity contribution is 0.0856. The average molecular weight is 344 g/mol. The molecule has 1 aliphatic heterocycles. The molecule has 24 heavy (non-hydrogen) atoms. The molecule has 0 bridgehead atoms. The van der Waals surface area contributed by atoms with Crippen molar-refractivity contribution in [1.82, 2.24) is 4.31 Å². The Morgan fingerprint density at radius 2 is 1.58 bits per heavy atom. The number of anilines is 1. The third kappa shape index (κ3) is 2.89. The lowest BCUT2D eigenvalue weighted by atomic mass is 10.1. The summed E-state index contributed by atoms with van der Waals surface area (Å²) in [6, 6.07) is 16.3. The lowest BCUT2D eigenvalue weighted by Crippen LogP contribution is -2.51. The van der Waals surface area contributed by atoms with Crippen molar-refractivity contribution in [2.75, 3.05) is 10.8 Å². The highest BCUT2D eigenvalue weighted by Crippen LogP contribution is 2.33. The second-order valence-corrected chi connectivity index (χ2v) is 7.53. The molecule has 0 radical (unpaired) electrons. The minimum atomic E-state index is -3.88. The molecule has 0 spiro atoms. The van der Waals surface area contributed by atoms with Gasteiger partial charge in [-0.3, -0.25) is 4.79 Å². The van der Waals surface area contributed by atoms with Crippen LogP contribution in [0.1, 0.15) is 35.7 Å². The third-order valence-corrected chi connectivity index (χ3v) is 5.86. The van der Waals surface area contributed by atoms with Crippen LogP contribution in [0.3, 0.4) is 0 Å². The molecule has 1 aliphatic rings. The van der Waals surface area contributed by atoms with Gasteiger partial charge in [0.1, 0.15) is 0 Å². The monoisotopic (exact) mass is 344 g/mol. The first-order valence-corrected chi connectivity index (χ1v) is 9.43. The van der Waals surface area contributed by atoms with Gasteiger partial charge in [-0.1, -0.05) is 55.8 Å². The van der Waals surface area contributed by atoms with Crippen molar-refractivity contribution in [3.63, 3.8) is 0 Å². The Morgan fingerprint density at radius 3 is 2.29 bits per heavy atom. The van der Waals surface area contributed by atoms with Crippen molar-refractivity contribution in [2.45, 2.75) is 26.3 Å². The van der Waals surface area contributed by atoms with Gasteiger partial charge in [-0.15, -0.1) is 0 Å². The minimum Gasteiger partial charge on any atom is -0.268 e. The number of amides is 1. The number of para-hydroxylation sites is 1. The van der Waals surface area contributed by atoms with Crippen LogP contribution in [0.25, 0.3) is 0 Å². The van der Waals surface area contributed by atoms with Crippen molar-refractivity contribution >= 4 is 21.8 Å². The number of fused-ring (bicyclic) bond motifs is 1. The summed E-state index contributed by atoms with van der Waals surface area (Å²) < 4.78 is 28.4. The molecule has 2 aromatic carbocycles. The van der Waals surface area contributed by atoms with Crippen LogP contribution >= 0.6 is 0 Å². The molecule has 0 N–H and O–H groups in total. The van der Waals surface area contributed by atoms with Gasteiger partial charge >= 0.3 is 10.2 Å². The quantitative estimate of drug-likeness (QED) is 0.837. The molecule has 5 nitrogen and oxygen atoms in total. The summed E-state index contributed by atoms with van der Waals surface area (Å²) in [6.07, 6.45) is 1.46. The number of rotatable bonds is 5. The fourth-order valence-electron chi connectivity index (χ4n) is 2.79. The Morgan fingerprint density at radius 1 is 0.917 bits per heavy atom. The van der Waals surface area contributed by atoms with Crippen LogP contribution in [0.4, 0.5) is 5.69 Å². The maximum atomic E-state index is 13.0. The molecule has 1 heterocycles. The molecular formula is C18H20N2O3S. The number of nitrogens with zero attached hydrogens (tertiary/aromatic N) is 2. The van der Waals surface area contributed by atoms with Crippen LogP contribution in [-0.4, -0.2) is 25.2 Å². The van der Waals surface area contributed by atoms with E-state index in [-0.39, 0.29) is 13.1 Å². The molecule has 2 aromatic rings. The zero-order valence-corrected chi connectivity index (χ0v) is 14.4. The summed E-state index contributed by atoms with van der Waals surface area (Å²) in [7, 11) is -3.88. The predicted molar refractivity (Wildman–Crippen MR) is 93.9 cm³/mol. The average Bonchev–Trinajstić information content (AvgIpc) is 2.59. The van der Waals surface area contributed by atoms with E-state index in [4.69, 9.17) is 0 Å². The molecule has 0 saturated carbocycles. The number of carbonyl (C=O) groups is 1. The van der Waals surface area contributed by atoms with Crippen molar-refractivity contribution in [1.29, 1.82) is 0 Å². The van der Waals surface area contributed by atoms with E-state index in [1.54, 1.807) is 24.3 Å². The maximum absolute atomic E-state index is 13.0. The van der Waals surface area contributed by atoms with Gasteiger partial charge in [0.05, 0.1) is 17.8 Å². The van der Waals surface area contributed by atoms with E-state index in [1.165, 1.54) is 4.31 Å². The van der Waals surface area contributed by atoms with Gasteiger partial charge in [0, 0.05) is 6.54 Å². The van der Waals surface area contributed by atoms with Crippen LogP contribution in [-0.2, 0) is 16.8 Å². The third-order valence-electron chi connectivity index (χ3n) is 4.07. The summed E-state index contributed by atoms with van der Waals surface area (Å²) in [5.41, 5.74) is 1.75. The van der Waals surface area contributed by atoms with Crippen LogP contribution in [0.2, 0.25) is 0 Å².